The quantitative estimate of drug-likeness (QED) is 0.656. The van der Waals surface area contributed by atoms with Crippen LogP contribution in [0.1, 0.15) is 39.0 Å². The summed E-state index contributed by atoms with van der Waals surface area (Å²) in [6, 6.07) is -0.153. The molecular weight excluding hydrogens is 138 g/mol. The first-order valence-electron chi connectivity index (χ1n) is 4.52. The Morgan fingerprint density at radius 3 is 2.91 bits per heavy atom. The van der Waals surface area contributed by atoms with E-state index in [0.29, 0.717) is 12.3 Å². The van der Waals surface area contributed by atoms with E-state index in [1.54, 1.807) is 0 Å². The molecule has 2 N–H and O–H groups in total. The van der Waals surface area contributed by atoms with Gasteiger partial charge < -0.3 is 5.73 Å². The summed E-state index contributed by atoms with van der Waals surface area (Å²) in [6.45, 7) is 2.18. The lowest BCUT2D eigenvalue weighted by molar-refractivity contribution is -0.122. The molecule has 1 fully saturated rings. The molecule has 0 aromatic rings. The fourth-order valence-corrected chi connectivity index (χ4v) is 1.81. The van der Waals surface area contributed by atoms with E-state index in [1.807, 2.05) is 0 Å². The lowest BCUT2D eigenvalue weighted by atomic mass is 9.83. The summed E-state index contributed by atoms with van der Waals surface area (Å²) in [5, 5.41) is 0. The van der Waals surface area contributed by atoms with Crippen LogP contribution in [0, 0.1) is 5.92 Å². The molecule has 1 saturated carbocycles. The van der Waals surface area contributed by atoms with Crippen molar-refractivity contribution in [2.75, 3.05) is 0 Å². The van der Waals surface area contributed by atoms with Crippen molar-refractivity contribution in [1.82, 2.24) is 0 Å². The number of nitrogens with two attached hydrogens (primary N) is 1. The highest BCUT2D eigenvalue weighted by atomic mass is 16.1. The van der Waals surface area contributed by atoms with E-state index in [1.165, 1.54) is 12.8 Å². The fraction of sp³-hybridized carbons (Fsp3) is 0.889. The third-order valence-corrected chi connectivity index (χ3v) is 2.50. The average molecular weight is 155 g/mol. The molecule has 1 aliphatic rings. The van der Waals surface area contributed by atoms with Gasteiger partial charge in [0.05, 0.1) is 6.04 Å². The minimum Gasteiger partial charge on any atom is -0.322 e. The SMILES string of the molecule is CCCC1CCC(=O)C(N)C1. The zero-order chi connectivity index (χ0) is 8.27. The highest BCUT2D eigenvalue weighted by Gasteiger charge is 2.24. The lowest BCUT2D eigenvalue weighted by Gasteiger charge is -2.24. The molecule has 1 rings (SSSR count). The molecule has 0 aromatic heterocycles. The predicted octanol–water partition coefficient (Wildman–Crippen LogP) is 1.48. The summed E-state index contributed by atoms with van der Waals surface area (Å²) in [5.74, 6) is 0.977. The van der Waals surface area contributed by atoms with Crippen LogP contribution in [0.25, 0.3) is 0 Å². The number of rotatable bonds is 2. The summed E-state index contributed by atoms with van der Waals surface area (Å²) in [6.07, 6.45) is 5.16. The molecule has 2 heteroatoms. The molecule has 0 heterocycles. The molecule has 0 radical (unpaired) electrons. The van der Waals surface area contributed by atoms with Crippen molar-refractivity contribution in [2.24, 2.45) is 11.7 Å². The van der Waals surface area contributed by atoms with Gasteiger partial charge in [-0.1, -0.05) is 19.8 Å². The van der Waals surface area contributed by atoms with Crippen molar-refractivity contribution >= 4 is 5.78 Å². The highest BCUT2D eigenvalue weighted by Crippen LogP contribution is 2.24. The van der Waals surface area contributed by atoms with Crippen molar-refractivity contribution in [3.63, 3.8) is 0 Å². The molecule has 11 heavy (non-hydrogen) atoms. The summed E-state index contributed by atoms with van der Waals surface area (Å²) in [7, 11) is 0. The van der Waals surface area contributed by atoms with Gasteiger partial charge in [0.25, 0.3) is 0 Å². The van der Waals surface area contributed by atoms with Gasteiger partial charge in [0.1, 0.15) is 5.78 Å². The zero-order valence-corrected chi connectivity index (χ0v) is 7.18. The van der Waals surface area contributed by atoms with Gasteiger partial charge in [0.15, 0.2) is 0 Å². The van der Waals surface area contributed by atoms with E-state index in [0.717, 1.165) is 12.8 Å². The van der Waals surface area contributed by atoms with E-state index in [-0.39, 0.29) is 11.8 Å². The molecule has 0 aromatic carbocycles. The van der Waals surface area contributed by atoms with E-state index in [4.69, 9.17) is 5.73 Å². The molecule has 2 unspecified atom stereocenters. The van der Waals surface area contributed by atoms with Crippen molar-refractivity contribution in [2.45, 2.75) is 45.1 Å². The van der Waals surface area contributed by atoms with Crippen LogP contribution in [0.5, 0.6) is 0 Å². The van der Waals surface area contributed by atoms with Crippen molar-refractivity contribution in [3.05, 3.63) is 0 Å². The van der Waals surface area contributed by atoms with Crippen molar-refractivity contribution < 1.29 is 4.79 Å². The minimum atomic E-state index is -0.153. The Kier molecular flexibility index (Phi) is 3.06. The number of Topliss-reactive ketones (excluding diaryl/α,β-unsaturated/α-hetero) is 1. The third kappa shape index (κ3) is 2.29. The lowest BCUT2D eigenvalue weighted by Crippen LogP contribution is -2.36. The molecule has 0 amide bonds. The molecule has 0 saturated heterocycles. The van der Waals surface area contributed by atoms with Gasteiger partial charge in [0, 0.05) is 6.42 Å². The van der Waals surface area contributed by atoms with Gasteiger partial charge in [-0.3, -0.25) is 4.79 Å². The fourth-order valence-electron chi connectivity index (χ4n) is 1.81. The summed E-state index contributed by atoms with van der Waals surface area (Å²) >= 11 is 0. The molecule has 1 aliphatic carbocycles. The maximum absolute atomic E-state index is 11.0. The average Bonchev–Trinajstić information content (AvgIpc) is 1.98. The maximum atomic E-state index is 11.0. The largest absolute Gasteiger partial charge is 0.322 e. The van der Waals surface area contributed by atoms with Crippen molar-refractivity contribution in [3.8, 4) is 0 Å². The van der Waals surface area contributed by atoms with E-state index in [2.05, 4.69) is 6.92 Å². The Morgan fingerprint density at radius 2 is 2.36 bits per heavy atom. The molecule has 2 atom stereocenters. The number of hydrogen-bond acceptors (Lipinski definition) is 2. The van der Waals surface area contributed by atoms with Gasteiger partial charge in [-0.2, -0.15) is 0 Å². The maximum Gasteiger partial charge on any atom is 0.149 e. The van der Waals surface area contributed by atoms with Gasteiger partial charge in [-0.25, -0.2) is 0 Å². The van der Waals surface area contributed by atoms with Crippen LogP contribution in [0.4, 0.5) is 0 Å². The third-order valence-electron chi connectivity index (χ3n) is 2.50. The normalized spacial score (nSPS) is 32.4. The summed E-state index contributed by atoms with van der Waals surface area (Å²) in [5.41, 5.74) is 5.65. The Hall–Kier alpha value is -0.370. The minimum absolute atomic E-state index is 0.153. The Labute approximate surface area is 68.2 Å². The predicted molar refractivity (Wildman–Crippen MR) is 45.2 cm³/mol. The van der Waals surface area contributed by atoms with Crippen LogP contribution in [0.2, 0.25) is 0 Å². The number of carbonyl (C=O) groups excluding carboxylic acids is 1. The summed E-state index contributed by atoms with van der Waals surface area (Å²) in [4.78, 5) is 11.0. The number of hydrogen-bond donors (Lipinski definition) is 1. The zero-order valence-electron chi connectivity index (χ0n) is 7.18. The Balaban J connectivity index is 2.33. The first-order valence-corrected chi connectivity index (χ1v) is 4.52. The van der Waals surface area contributed by atoms with Crippen LogP contribution >= 0.6 is 0 Å². The topological polar surface area (TPSA) is 43.1 Å². The first-order chi connectivity index (χ1) is 5.24. The molecule has 2 nitrogen and oxygen atoms in total. The number of carbonyl (C=O) groups is 1. The highest BCUT2D eigenvalue weighted by molar-refractivity contribution is 5.84. The van der Waals surface area contributed by atoms with E-state index >= 15 is 0 Å². The van der Waals surface area contributed by atoms with Gasteiger partial charge in [-0.15, -0.1) is 0 Å². The van der Waals surface area contributed by atoms with Crippen LogP contribution in [0.15, 0.2) is 0 Å². The monoisotopic (exact) mass is 155 g/mol. The van der Waals surface area contributed by atoms with Gasteiger partial charge in [0.2, 0.25) is 0 Å². The van der Waals surface area contributed by atoms with Gasteiger partial charge >= 0.3 is 0 Å². The van der Waals surface area contributed by atoms with E-state index in [9.17, 15) is 4.79 Å². The molecule has 0 spiro atoms. The van der Waals surface area contributed by atoms with Crippen LogP contribution in [-0.2, 0) is 4.79 Å². The molecule has 0 bridgehead atoms. The molecule has 0 aliphatic heterocycles. The van der Waals surface area contributed by atoms with Crippen LogP contribution in [-0.4, -0.2) is 11.8 Å². The van der Waals surface area contributed by atoms with Crippen LogP contribution < -0.4 is 5.73 Å². The molecular formula is C9H17NO. The first kappa shape index (κ1) is 8.72. The standard InChI is InChI=1S/C9H17NO/c1-2-3-7-4-5-9(11)8(10)6-7/h7-8H,2-6,10H2,1H3. The molecule has 64 valence electrons. The Morgan fingerprint density at radius 1 is 1.64 bits per heavy atom. The van der Waals surface area contributed by atoms with Crippen molar-refractivity contribution in [1.29, 1.82) is 0 Å². The Bertz CT molecular complexity index is 144. The van der Waals surface area contributed by atoms with Gasteiger partial charge in [-0.05, 0) is 18.8 Å². The smallest absolute Gasteiger partial charge is 0.149 e. The second-order valence-electron chi connectivity index (χ2n) is 3.50. The second kappa shape index (κ2) is 3.86. The van der Waals surface area contributed by atoms with E-state index < -0.39 is 0 Å². The number of ketones is 1. The second-order valence-corrected chi connectivity index (χ2v) is 3.50. The van der Waals surface area contributed by atoms with Crippen LogP contribution in [0.3, 0.4) is 0 Å². The summed E-state index contributed by atoms with van der Waals surface area (Å²) < 4.78 is 0.